The molecule has 4 rings (SSSR count). The van der Waals surface area contributed by atoms with Crippen molar-refractivity contribution in [1.82, 2.24) is 19.7 Å². The minimum Gasteiger partial charge on any atom is -0.290 e. The topological polar surface area (TPSA) is 34.0 Å². The van der Waals surface area contributed by atoms with Crippen molar-refractivity contribution in [3.05, 3.63) is 83.9 Å². The van der Waals surface area contributed by atoms with Gasteiger partial charge in [0.1, 0.15) is 12.7 Å². The van der Waals surface area contributed by atoms with Gasteiger partial charge in [-0.1, -0.05) is 54.6 Å². The summed E-state index contributed by atoms with van der Waals surface area (Å²) >= 11 is 0. The van der Waals surface area contributed by atoms with Crippen LogP contribution in [0.2, 0.25) is 0 Å². The molecule has 0 spiro atoms. The van der Waals surface area contributed by atoms with Crippen LogP contribution in [-0.4, -0.2) is 25.7 Å². The van der Waals surface area contributed by atoms with Crippen LogP contribution in [0.25, 0.3) is 0 Å². The van der Waals surface area contributed by atoms with Gasteiger partial charge in [-0.2, -0.15) is 5.10 Å². The SMILES string of the molecule is c1ccc(CN2Cc3ccccc3CC2Cn2cncn2)cc1. The summed E-state index contributed by atoms with van der Waals surface area (Å²) in [5.41, 5.74) is 4.26. The molecule has 2 aromatic carbocycles. The molecule has 1 aliphatic heterocycles. The van der Waals surface area contributed by atoms with Crippen molar-refractivity contribution >= 4 is 0 Å². The van der Waals surface area contributed by atoms with Crippen LogP contribution in [0.1, 0.15) is 16.7 Å². The van der Waals surface area contributed by atoms with Gasteiger partial charge in [0.15, 0.2) is 0 Å². The maximum Gasteiger partial charge on any atom is 0.137 e. The molecule has 0 N–H and O–H groups in total. The molecule has 0 aliphatic carbocycles. The minimum absolute atomic E-state index is 0.437. The Bertz CT molecular complexity index is 752. The highest BCUT2D eigenvalue weighted by Crippen LogP contribution is 2.25. The van der Waals surface area contributed by atoms with Crippen LogP contribution in [0.5, 0.6) is 0 Å². The van der Waals surface area contributed by atoms with E-state index in [-0.39, 0.29) is 0 Å². The van der Waals surface area contributed by atoms with E-state index in [1.165, 1.54) is 16.7 Å². The summed E-state index contributed by atoms with van der Waals surface area (Å²) in [5.74, 6) is 0. The highest BCUT2D eigenvalue weighted by atomic mass is 15.3. The molecule has 1 atom stereocenters. The smallest absolute Gasteiger partial charge is 0.137 e. The predicted molar refractivity (Wildman–Crippen MR) is 89.6 cm³/mol. The Kier molecular flexibility index (Phi) is 3.90. The highest BCUT2D eigenvalue weighted by Gasteiger charge is 2.26. The Labute approximate surface area is 136 Å². The van der Waals surface area contributed by atoms with Crippen molar-refractivity contribution < 1.29 is 0 Å². The first-order valence-corrected chi connectivity index (χ1v) is 8.05. The van der Waals surface area contributed by atoms with E-state index in [9.17, 15) is 0 Å². The van der Waals surface area contributed by atoms with Gasteiger partial charge in [-0.15, -0.1) is 0 Å². The normalized spacial score (nSPS) is 17.8. The van der Waals surface area contributed by atoms with Gasteiger partial charge >= 0.3 is 0 Å². The second-order valence-corrected chi connectivity index (χ2v) is 6.13. The molecule has 0 saturated heterocycles. The molecular weight excluding hydrogens is 284 g/mol. The molecule has 4 nitrogen and oxygen atoms in total. The monoisotopic (exact) mass is 304 g/mol. The van der Waals surface area contributed by atoms with E-state index >= 15 is 0 Å². The van der Waals surface area contributed by atoms with Gasteiger partial charge in [0, 0.05) is 19.1 Å². The van der Waals surface area contributed by atoms with Gasteiger partial charge in [0.05, 0.1) is 6.54 Å². The predicted octanol–water partition coefficient (Wildman–Crippen LogP) is 2.91. The molecule has 0 saturated carbocycles. The van der Waals surface area contributed by atoms with Crippen molar-refractivity contribution in [2.75, 3.05) is 0 Å². The number of benzene rings is 2. The lowest BCUT2D eigenvalue weighted by atomic mass is 9.93. The lowest BCUT2D eigenvalue weighted by Gasteiger charge is -2.37. The fourth-order valence-electron chi connectivity index (χ4n) is 3.37. The van der Waals surface area contributed by atoms with Crippen molar-refractivity contribution in [1.29, 1.82) is 0 Å². The number of aromatic nitrogens is 3. The van der Waals surface area contributed by atoms with Crippen molar-refractivity contribution in [3.63, 3.8) is 0 Å². The first-order valence-electron chi connectivity index (χ1n) is 8.05. The van der Waals surface area contributed by atoms with E-state index in [1.807, 2.05) is 4.68 Å². The van der Waals surface area contributed by atoms with Gasteiger partial charge in [-0.3, -0.25) is 9.58 Å². The van der Waals surface area contributed by atoms with E-state index in [0.717, 1.165) is 26.1 Å². The summed E-state index contributed by atoms with van der Waals surface area (Å²) < 4.78 is 1.94. The zero-order chi connectivity index (χ0) is 15.5. The molecule has 0 radical (unpaired) electrons. The summed E-state index contributed by atoms with van der Waals surface area (Å²) in [5, 5.41) is 4.29. The van der Waals surface area contributed by atoms with Gasteiger partial charge in [0.25, 0.3) is 0 Å². The van der Waals surface area contributed by atoms with Crippen molar-refractivity contribution in [3.8, 4) is 0 Å². The van der Waals surface area contributed by atoms with E-state index in [2.05, 4.69) is 69.6 Å². The average Bonchev–Trinajstić information content (AvgIpc) is 3.09. The second kappa shape index (κ2) is 6.34. The van der Waals surface area contributed by atoms with Crippen LogP contribution in [-0.2, 0) is 26.1 Å². The molecule has 23 heavy (non-hydrogen) atoms. The van der Waals surface area contributed by atoms with E-state index in [1.54, 1.807) is 12.7 Å². The molecule has 1 unspecified atom stereocenters. The van der Waals surface area contributed by atoms with Crippen LogP contribution in [0.4, 0.5) is 0 Å². The standard InChI is InChI=1S/C19H20N4/c1-2-6-16(7-3-1)11-22-12-18-9-5-4-8-17(18)10-19(22)13-23-15-20-14-21-23/h1-9,14-15,19H,10-13H2. The average molecular weight is 304 g/mol. The molecule has 0 amide bonds. The third kappa shape index (κ3) is 3.17. The second-order valence-electron chi connectivity index (χ2n) is 6.13. The van der Waals surface area contributed by atoms with Crippen molar-refractivity contribution in [2.45, 2.75) is 32.1 Å². The van der Waals surface area contributed by atoms with E-state index < -0.39 is 0 Å². The molecule has 0 bridgehead atoms. The zero-order valence-electron chi connectivity index (χ0n) is 13.0. The van der Waals surface area contributed by atoms with Gasteiger partial charge in [-0.25, -0.2) is 4.98 Å². The Hall–Kier alpha value is -2.46. The molecule has 116 valence electrons. The van der Waals surface area contributed by atoms with Gasteiger partial charge in [0.2, 0.25) is 0 Å². The Morgan fingerprint density at radius 3 is 2.52 bits per heavy atom. The molecular formula is C19H20N4. The molecule has 4 heteroatoms. The lowest BCUT2D eigenvalue weighted by Crippen LogP contribution is -2.42. The van der Waals surface area contributed by atoms with Crippen LogP contribution in [0, 0.1) is 0 Å². The van der Waals surface area contributed by atoms with Gasteiger partial charge < -0.3 is 0 Å². The molecule has 1 aliphatic rings. The number of hydrogen-bond acceptors (Lipinski definition) is 3. The number of nitrogens with zero attached hydrogens (tertiary/aromatic N) is 4. The Morgan fingerprint density at radius 1 is 0.957 bits per heavy atom. The maximum atomic E-state index is 4.29. The first-order chi connectivity index (χ1) is 11.4. The number of rotatable bonds is 4. The van der Waals surface area contributed by atoms with Gasteiger partial charge in [-0.05, 0) is 23.1 Å². The zero-order valence-corrected chi connectivity index (χ0v) is 13.0. The number of hydrogen-bond donors (Lipinski definition) is 0. The fourth-order valence-corrected chi connectivity index (χ4v) is 3.37. The molecule has 1 aromatic heterocycles. The largest absolute Gasteiger partial charge is 0.290 e. The maximum absolute atomic E-state index is 4.29. The summed E-state index contributed by atoms with van der Waals surface area (Å²) in [6.45, 7) is 2.83. The summed E-state index contributed by atoms with van der Waals surface area (Å²) in [6, 6.07) is 19.9. The molecule has 3 aromatic rings. The van der Waals surface area contributed by atoms with Crippen LogP contribution in [0.15, 0.2) is 67.3 Å². The summed E-state index contributed by atoms with van der Waals surface area (Å²) in [6.07, 6.45) is 4.47. The summed E-state index contributed by atoms with van der Waals surface area (Å²) in [4.78, 5) is 6.63. The van der Waals surface area contributed by atoms with Crippen LogP contribution in [0.3, 0.4) is 0 Å². The number of fused-ring (bicyclic) bond motifs is 1. The fraction of sp³-hybridized carbons (Fsp3) is 0.263. The third-order valence-corrected chi connectivity index (χ3v) is 4.56. The van der Waals surface area contributed by atoms with Crippen molar-refractivity contribution in [2.24, 2.45) is 0 Å². The lowest BCUT2D eigenvalue weighted by molar-refractivity contribution is 0.142. The molecule has 0 fully saturated rings. The van der Waals surface area contributed by atoms with Crippen LogP contribution < -0.4 is 0 Å². The first kappa shape index (κ1) is 14.2. The van der Waals surface area contributed by atoms with E-state index in [0.29, 0.717) is 6.04 Å². The molecule has 2 heterocycles. The quantitative estimate of drug-likeness (QED) is 0.743. The summed E-state index contributed by atoms with van der Waals surface area (Å²) in [7, 11) is 0. The van der Waals surface area contributed by atoms with E-state index in [4.69, 9.17) is 0 Å². The Balaban J connectivity index is 1.60. The van der Waals surface area contributed by atoms with Crippen LogP contribution >= 0.6 is 0 Å². The highest BCUT2D eigenvalue weighted by molar-refractivity contribution is 5.30. The third-order valence-electron chi connectivity index (χ3n) is 4.56. The Morgan fingerprint density at radius 2 is 1.74 bits per heavy atom. The minimum atomic E-state index is 0.437.